The van der Waals surface area contributed by atoms with Crippen LogP contribution in [0.4, 0.5) is 18.9 Å². The number of nitrogens with zero attached hydrogens (tertiary/aromatic N) is 4. The van der Waals surface area contributed by atoms with Gasteiger partial charge in [0.05, 0.1) is 48.1 Å². The van der Waals surface area contributed by atoms with Crippen LogP contribution >= 0.6 is 11.6 Å². The van der Waals surface area contributed by atoms with Gasteiger partial charge in [-0.15, -0.1) is 0 Å². The molecule has 3 aromatic rings. The summed E-state index contributed by atoms with van der Waals surface area (Å²) in [6.45, 7) is 2.13. The van der Waals surface area contributed by atoms with Gasteiger partial charge in [-0.1, -0.05) is 11.6 Å². The minimum atomic E-state index is -1.50. The Hall–Kier alpha value is -3.72. The number of hydrogen-bond donors (Lipinski definition) is 1. The molecule has 34 heavy (non-hydrogen) atoms. The Morgan fingerprint density at radius 3 is 2.59 bits per heavy atom. The van der Waals surface area contributed by atoms with E-state index in [9.17, 15) is 13.2 Å². The Bertz CT molecular complexity index is 1360. The number of allylic oxidation sites excluding steroid dienone is 2. The van der Waals surface area contributed by atoms with Crippen LogP contribution in [0.1, 0.15) is 17.3 Å². The average molecular weight is 486 g/mol. The summed E-state index contributed by atoms with van der Waals surface area (Å²) >= 11 is 6.36. The van der Waals surface area contributed by atoms with Gasteiger partial charge in [0.15, 0.2) is 23.3 Å². The lowest BCUT2D eigenvalue weighted by molar-refractivity contribution is 0.413. The van der Waals surface area contributed by atoms with Crippen LogP contribution in [-0.4, -0.2) is 33.9 Å². The highest BCUT2D eigenvalue weighted by Gasteiger charge is 2.33. The highest BCUT2D eigenvalue weighted by molar-refractivity contribution is 6.32. The molecule has 174 valence electrons. The molecule has 2 aliphatic heterocycles. The van der Waals surface area contributed by atoms with E-state index < -0.39 is 23.5 Å². The molecular formula is C24H19ClF3N5O. The lowest BCUT2D eigenvalue weighted by Gasteiger charge is -2.29. The minimum absolute atomic E-state index is 0.224. The summed E-state index contributed by atoms with van der Waals surface area (Å²) in [6.07, 6.45) is 6.95. The zero-order valence-corrected chi connectivity index (χ0v) is 18.9. The van der Waals surface area contributed by atoms with Gasteiger partial charge in [-0.25, -0.2) is 18.2 Å². The SMILES string of the molecule is COc1cc(NC2=CC(Cl)=CN3C2=NCC3c2cc(F)c(F)c(F)c2)ccc1-n1cnc(C)c1. The number of benzene rings is 2. The maximum Gasteiger partial charge on any atom is 0.194 e. The van der Waals surface area contributed by atoms with Crippen molar-refractivity contribution in [3.63, 3.8) is 0 Å². The molecule has 2 aromatic carbocycles. The monoisotopic (exact) mass is 485 g/mol. The number of methoxy groups -OCH3 is 1. The van der Waals surface area contributed by atoms with Crippen molar-refractivity contribution in [2.24, 2.45) is 4.99 Å². The molecule has 1 unspecified atom stereocenters. The number of aryl methyl sites for hydroxylation is 1. The molecule has 3 heterocycles. The summed E-state index contributed by atoms with van der Waals surface area (Å²) in [5, 5.41) is 3.69. The van der Waals surface area contributed by atoms with Crippen molar-refractivity contribution in [3.8, 4) is 11.4 Å². The third-order valence-electron chi connectivity index (χ3n) is 5.62. The molecule has 0 amide bonds. The van der Waals surface area contributed by atoms with Crippen LogP contribution in [-0.2, 0) is 0 Å². The number of aromatic nitrogens is 2. The third-order valence-corrected chi connectivity index (χ3v) is 5.83. The van der Waals surface area contributed by atoms with E-state index in [0.717, 1.165) is 29.2 Å². The van der Waals surface area contributed by atoms with Gasteiger partial charge >= 0.3 is 0 Å². The minimum Gasteiger partial charge on any atom is -0.494 e. The second-order valence-electron chi connectivity index (χ2n) is 7.89. The van der Waals surface area contributed by atoms with Crippen molar-refractivity contribution >= 4 is 23.1 Å². The molecular weight excluding hydrogens is 467 g/mol. The molecule has 1 atom stereocenters. The largest absolute Gasteiger partial charge is 0.494 e. The zero-order chi connectivity index (χ0) is 24.0. The Morgan fingerprint density at radius 1 is 1.15 bits per heavy atom. The van der Waals surface area contributed by atoms with Gasteiger partial charge < -0.3 is 19.5 Å². The molecule has 10 heteroatoms. The van der Waals surface area contributed by atoms with E-state index >= 15 is 0 Å². The van der Waals surface area contributed by atoms with Gasteiger partial charge in [0.1, 0.15) is 5.75 Å². The van der Waals surface area contributed by atoms with E-state index in [4.69, 9.17) is 16.3 Å². The lowest BCUT2D eigenvalue weighted by atomic mass is 10.0. The number of hydrogen-bond acceptors (Lipinski definition) is 5. The van der Waals surface area contributed by atoms with E-state index in [2.05, 4.69) is 15.3 Å². The predicted octanol–water partition coefficient (Wildman–Crippen LogP) is 5.45. The first kappa shape index (κ1) is 22.1. The summed E-state index contributed by atoms with van der Waals surface area (Å²) in [7, 11) is 1.58. The topological polar surface area (TPSA) is 54.7 Å². The number of aliphatic imine (C=N–C) groups is 1. The first-order valence-corrected chi connectivity index (χ1v) is 10.7. The number of amidine groups is 1. The predicted molar refractivity (Wildman–Crippen MR) is 124 cm³/mol. The number of ether oxygens (including phenoxy) is 1. The van der Waals surface area contributed by atoms with Gasteiger partial charge in [-0.05, 0) is 42.8 Å². The van der Waals surface area contributed by atoms with Crippen LogP contribution in [0, 0.1) is 24.4 Å². The van der Waals surface area contributed by atoms with E-state index in [1.165, 1.54) is 0 Å². The van der Waals surface area contributed by atoms with Crippen molar-refractivity contribution in [1.82, 2.24) is 14.5 Å². The van der Waals surface area contributed by atoms with E-state index in [1.54, 1.807) is 30.6 Å². The van der Waals surface area contributed by atoms with Crippen LogP contribution in [0.5, 0.6) is 5.75 Å². The summed E-state index contributed by atoms with van der Waals surface area (Å²) < 4.78 is 48.5. The molecule has 0 saturated heterocycles. The average Bonchev–Trinajstić information content (AvgIpc) is 3.43. The van der Waals surface area contributed by atoms with Gasteiger partial charge in [-0.2, -0.15) is 0 Å². The van der Waals surface area contributed by atoms with Crippen LogP contribution in [0.25, 0.3) is 5.69 Å². The standard InChI is InChI=1S/C24H19ClF3N5O/c1-13-10-32(12-30-13)20-4-3-16(8-22(20)34-2)31-19-7-15(25)11-33-21(9-29-24(19)33)14-5-17(26)23(28)18(27)6-14/h3-8,10-12,21,31H,9H2,1-2H3. The van der Waals surface area contributed by atoms with E-state index in [1.807, 2.05) is 35.9 Å². The molecule has 6 nitrogen and oxygen atoms in total. The number of imidazole rings is 1. The fourth-order valence-corrected chi connectivity index (χ4v) is 4.26. The first-order chi connectivity index (χ1) is 16.3. The Labute approximate surface area is 198 Å². The Kier molecular flexibility index (Phi) is 5.57. The Balaban J connectivity index is 1.42. The third kappa shape index (κ3) is 3.92. The van der Waals surface area contributed by atoms with Crippen molar-refractivity contribution in [3.05, 3.63) is 94.6 Å². The highest BCUT2D eigenvalue weighted by atomic mass is 35.5. The van der Waals surface area contributed by atoms with Crippen LogP contribution < -0.4 is 10.1 Å². The molecule has 0 bridgehead atoms. The molecule has 0 spiro atoms. The van der Waals surface area contributed by atoms with E-state index in [-0.39, 0.29) is 12.1 Å². The number of fused-ring (bicyclic) bond motifs is 1. The highest BCUT2D eigenvalue weighted by Crippen LogP contribution is 2.36. The fraction of sp³-hybridized carbons (Fsp3) is 0.167. The van der Waals surface area contributed by atoms with Crippen LogP contribution in [0.3, 0.4) is 0 Å². The summed E-state index contributed by atoms with van der Waals surface area (Å²) in [5.41, 5.74) is 3.29. The maximum atomic E-state index is 13.8. The molecule has 0 saturated carbocycles. The second-order valence-corrected chi connectivity index (χ2v) is 8.33. The van der Waals surface area contributed by atoms with Gasteiger partial charge in [0.25, 0.3) is 0 Å². The molecule has 0 aliphatic carbocycles. The lowest BCUT2D eigenvalue weighted by Crippen LogP contribution is -2.31. The normalized spacial score (nSPS) is 17.2. The molecule has 0 radical (unpaired) electrons. The van der Waals surface area contributed by atoms with Crippen molar-refractivity contribution in [2.75, 3.05) is 19.0 Å². The van der Waals surface area contributed by atoms with Crippen molar-refractivity contribution in [2.45, 2.75) is 13.0 Å². The summed E-state index contributed by atoms with van der Waals surface area (Å²) in [4.78, 5) is 10.5. The second kappa shape index (κ2) is 8.57. The van der Waals surface area contributed by atoms with Crippen LogP contribution in [0.15, 0.2) is 70.9 Å². The Morgan fingerprint density at radius 2 is 1.91 bits per heavy atom. The fourth-order valence-electron chi connectivity index (χ4n) is 4.04. The smallest absolute Gasteiger partial charge is 0.194 e. The van der Waals surface area contributed by atoms with Gasteiger partial charge in [0.2, 0.25) is 0 Å². The number of nitrogens with one attached hydrogen (secondary N) is 1. The first-order valence-electron chi connectivity index (χ1n) is 10.4. The zero-order valence-electron chi connectivity index (χ0n) is 18.2. The maximum absolute atomic E-state index is 13.8. The molecule has 0 fully saturated rings. The summed E-state index contributed by atoms with van der Waals surface area (Å²) in [6, 6.07) is 7.04. The number of anilines is 1. The van der Waals surface area contributed by atoms with Crippen molar-refractivity contribution < 1.29 is 17.9 Å². The quantitative estimate of drug-likeness (QED) is 0.488. The van der Waals surface area contributed by atoms with Gasteiger partial charge in [0, 0.05) is 24.2 Å². The molecule has 2 aliphatic rings. The molecule has 1 aromatic heterocycles. The summed E-state index contributed by atoms with van der Waals surface area (Å²) in [5.74, 6) is -2.82. The number of rotatable bonds is 5. The van der Waals surface area contributed by atoms with Gasteiger partial charge in [-0.3, -0.25) is 4.99 Å². The molecule has 5 rings (SSSR count). The van der Waals surface area contributed by atoms with Crippen molar-refractivity contribution in [1.29, 1.82) is 0 Å². The number of halogens is 4. The van der Waals surface area contributed by atoms with E-state index in [0.29, 0.717) is 22.3 Å². The molecule has 1 N–H and O–H groups in total. The van der Waals surface area contributed by atoms with Crippen LogP contribution in [0.2, 0.25) is 0 Å².